The molecule has 144 valence electrons. The zero-order valence-corrected chi connectivity index (χ0v) is 16.9. The van der Waals surface area contributed by atoms with Crippen molar-refractivity contribution in [2.24, 2.45) is 0 Å². The van der Waals surface area contributed by atoms with Crippen LogP contribution in [-0.4, -0.2) is 42.4 Å². The summed E-state index contributed by atoms with van der Waals surface area (Å²) in [6.45, 7) is 7.15. The molecule has 1 aliphatic rings. The molecule has 1 aromatic carbocycles. The number of amides is 2. The van der Waals surface area contributed by atoms with Crippen molar-refractivity contribution in [1.82, 2.24) is 10.2 Å². The average Bonchev–Trinajstić information content (AvgIpc) is 2.59. The van der Waals surface area contributed by atoms with Crippen LogP contribution in [0.5, 0.6) is 0 Å². The highest BCUT2D eigenvalue weighted by atomic mass is 35.5. The van der Waals surface area contributed by atoms with Gasteiger partial charge in [-0.1, -0.05) is 37.0 Å². The Labute approximate surface area is 165 Å². The Bertz CT molecular complexity index is 644. The van der Waals surface area contributed by atoms with E-state index >= 15 is 0 Å². The number of anilines is 1. The van der Waals surface area contributed by atoms with Crippen LogP contribution in [0.15, 0.2) is 12.1 Å². The summed E-state index contributed by atoms with van der Waals surface area (Å²) in [5, 5.41) is 6.45. The summed E-state index contributed by atoms with van der Waals surface area (Å²) in [5.41, 5.74) is 0.637. The summed E-state index contributed by atoms with van der Waals surface area (Å²) in [7, 11) is 0. The highest BCUT2D eigenvalue weighted by molar-refractivity contribution is 6.38. The number of benzene rings is 1. The van der Waals surface area contributed by atoms with Crippen LogP contribution in [-0.2, 0) is 4.79 Å². The summed E-state index contributed by atoms with van der Waals surface area (Å²) in [5.74, 6) is -0.422. The molecule has 0 unspecified atom stereocenters. The van der Waals surface area contributed by atoms with Gasteiger partial charge in [0.2, 0.25) is 5.91 Å². The first-order chi connectivity index (χ1) is 12.4. The first-order valence-corrected chi connectivity index (χ1v) is 10.0. The van der Waals surface area contributed by atoms with Gasteiger partial charge in [0, 0.05) is 30.6 Å². The van der Waals surface area contributed by atoms with Gasteiger partial charge in [-0.05, 0) is 44.4 Å². The quantitative estimate of drug-likeness (QED) is 0.716. The topological polar surface area (TPSA) is 61.4 Å². The van der Waals surface area contributed by atoms with E-state index in [9.17, 15) is 9.59 Å². The molecule has 5 nitrogen and oxygen atoms in total. The summed E-state index contributed by atoms with van der Waals surface area (Å²) in [6.07, 6.45) is 4.05. The molecular formula is C19H27Cl2N3O2. The maximum Gasteiger partial charge on any atom is 0.253 e. The number of hydrogen-bond acceptors (Lipinski definition) is 3. The summed E-state index contributed by atoms with van der Waals surface area (Å²) in [6, 6.07) is 3.20. The molecule has 0 aromatic heterocycles. The van der Waals surface area contributed by atoms with E-state index < -0.39 is 0 Å². The normalized spacial score (nSPS) is 15.7. The lowest BCUT2D eigenvalue weighted by molar-refractivity contribution is -0.116. The molecule has 0 spiro atoms. The Morgan fingerprint density at radius 3 is 2.46 bits per heavy atom. The number of nitrogens with one attached hydrogen (secondary N) is 2. The van der Waals surface area contributed by atoms with Crippen LogP contribution in [0, 0.1) is 0 Å². The van der Waals surface area contributed by atoms with E-state index in [2.05, 4.69) is 22.5 Å². The highest BCUT2D eigenvalue weighted by Gasteiger charge is 2.23. The Morgan fingerprint density at radius 1 is 1.15 bits per heavy atom. The number of nitrogens with zero attached hydrogens (tertiary/aromatic N) is 1. The third kappa shape index (κ3) is 5.86. The molecular weight excluding hydrogens is 373 g/mol. The van der Waals surface area contributed by atoms with Crippen molar-refractivity contribution in [3.8, 4) is 0 Å². The molecule has 26 heavy (non-hydrogen) atoms. The monoisotopic (exact) mass is 399 g/mol. The van der Waals surface area contributed by atoms with E-state index in [1.165, 1.54) is 6.07 Å². The number of halogens is 2. The first kappa shape index (κ1) is 21.0. The van der Waals surface area contributed by atoms with Gasteiger partial charge in [0.05, 0.1) is 16.3 Å². The Hall–Kier alpha value is -1.30. The number of carbonyl (C=O) groups excluding carboxylic acids is 2. The second-order valence-electron chi connectivity index (χ2n) is 6.70. The van der Waals surface area contributed by atoms with E-state index in [1.54, 1.807) is 6.07 Å². The molecule has 2 amide bonds. The standard InChI is InChI=1S/C19H27Cl2N3O2/c1-3-5-17(25)23-18-15(11-13(20)12-16(18)21)19(26)22-14-6-9-24(8-4-2)10-7-14/h11-12,14H,3-10H2,1-2H3,(H,22,26)(H,23,25). The molecule has 0 radical (unpaired) electrons. The van der Waals surface area contributed by atoms with Crippen molar-refractivity contribution < 1.29 is 9.59 Å². The van der Waals surface area contributed by atoms with Crippen LogP contribution in [0.4, 0.5) is 5.69 Å². The third-order valence-corrected chi connectivity index (χ3v) is 5.02. The number of rotatable bonds is 7. The predicted molar refractivity (Wildman–Crippen MR) is 107 cm³/mol. The molecule has 2 N–H and O–H groups in total. The van der Waals surface area contributed by atoms with Crippen LogP contribution < -0.4 is 10.6 Å². The van der Waals surface area contributed by atoms with Gasteiger partial charge < -0.3 is 15.5 Å². The van der Waals surface area contributed by atoms with Gasteiger partial charge >= 0.3 is 0 Å². The minimum Gasteiger partial charge on any atom is -0.349 e. The van der Waals surface area contributed by atoms with E-state index in [0.717, 1.165) is 45.3 Å². The lowest BCUT2D eigenvalue weighted by Crippen LogP contribution is -2.44. The van der Waals surface area contributed by atoms with Gasteiger partial charge in [-0.25, -0.2) is 0 Å². The third-order valence-electron chi connectivity index (χ3n) is 4.50. The molecule has 1 aromatic rings. The minimum absolute atomic E-state index is 0.118. The highest BCUT2D eigenvalue weighted by Crippen LogP contribution is 2.31. The van der Waals surface area contributed by atoms with Gasteiger partial charge in [0.25, 0.3) is 5.91 Å². The maximum atomic E-state index is 12.8. The summed E-state index contributed by atoms with van der Waals surface area (Å²) >= 11 is 12.3. The van der Waals surface area contributed by atoms with Crippen LogP contribution in [0.2, 0.25) is 10.0 Å². The molecule has 2 rings (SSSR count). The van der Waals surface area contributed by atoms with Crippen LogP contribution in [0.25, 0.3) is 0 Å². The minimum atomic E-state index is -0.255. The van der Waals surface area contributed by atoms with Crippen molar-refractivity contribution in [3.05, 3.63) is 27.7 Å². The molecule has 1 heterocycles. The SMILES string of the molecule is CCCC(=O)Nc1c(Cl)cc(Cl)cc1C(=O)NC1CCN(CCC)CC1. The average molecular weight is 400 g/mol. The second-order valence-corrected chi connectivity index (χ2v) is 7.54. The summed E-state index contributed by atoms with van der Waals surface area (Å²) in [4.78, 5) is 27.2. The molecule has 1 saturated heterocycles. The summed E-state index contributed by atoms with van der Waals surface area (Å²) < 4.78 is 0. The number of piperidine rings is 1. The van der Waals surface area contributed by atoms with Crippen molar-refractivity contribution in [1.29, 1.82) is 0 Å². The van der Waals surface area contributed by atoms with E-state index in [1.807, 2.05) is 6.92 Å². The van der Waals surface area contributed by atoms with E-state index in [4.69, 9.17) is 23.2 Å². The van der Waals surface area contributed by atoms with Crippen molar-refractivity contribution in [2.45, 2.75) is 52.0 Å². The Balaban J connectivity index is 2.09. The maximum absolute atomic E-state index is 12.8. The van der Waals surface area contributed by atoms with Gasteiger partial charge in [0.15, 0.2) is 0 Å². The van der Waals surface area contributed by atoms with Gasteiger partial charge in [-0.15, -0.1) is 0 Å². The van der Waals surface area contributed by atoms with Crippen molar-refractivity contribution >= 4 is 40.7 Å². The second kappa shape index (κ2) is 10.1. The first-order valence-electron chi connectivity index (χ1n) is 9.26. The lowest BCUT2D eigenvalue weighted by Gasteiger charge is -2.32. The Kier molecular flexibility index (Phi) is 8.19. The van der Waals surface area contributed by atoms with Crippen LogP contribution in [0.1, 0.15) is 56.3 Å². The zero-order valence-electron chi connectivity index (χ0n) is 15.4. The fraction of sp³-hybridized carbons (Fsp3) is 0.579. The van der Waals surface area contributed by atoms with Gasteiger partial charge in [0.1, 0.15) is 0 Å². The molecule has 0 bridgehead atoms. The van der Waals surface area contributed by atoms with Gasteiger partial charge in [-0.3, -0.25) is 9.59 Å². The largest absolute Gasteiger partial charge is 0.349 e. The molecule has 1 aliphatic heterocycles. The smallest absolute Gasteiger partial charge is 0.253 e. The zero-order chi connectivity index (χ0) is 19.1. The van der Waals surface area contributed by atoms with Crippen LogP contribution >= 0.6 is 23.2 Å². The molecule has 0 saturated carbocycles. The number of hydrogen-bond donors (Lipinski definition) is 2. The molecule has 0 aliphatic carbocycles. The molecule has 0 atom stereocenters. The van der Waals surface area contributed by atoms with Gasteiger partial charge in [-0.2, -0.15) is 0 Å². The number of likely N-dealkylation sites (tertiary alicyclic amines) is 1. The van der Waals surface area contributed by atoms with Crippen molar-refractivity contribution in [2.75, 3.05) is 25.0 Å². The number of carbonyl (C=O) groups is 2. The Morgan fingerprint density at radius 2 is 1.85 bits per heavy atom. The van der Waals surface area contributed by atoms with E-state index in [-0.39, 0.29) is 22.9 Å². The molecule has 1 fully saturated rings. The van der Waals surface area contributed by atoms with Crippen LogP contribution in [0.3, 0.4) is 0 Å². The fourth-order valence-corrected chi connectivity index (χ4v) is 3.73. The predicted octanol–water partition coefficient (Wildman–Crippen LogP) is 4.34. The lowest BCUT2D eigenvalue weighted by atomic mass is 10.0. The van der Waals surface area contributed by atoms with E-state index in [0.29, 0.717) is 22.7 Å². The fourth-order valence-electron chi connectivity index (χ4n) is 3.19. The molecule has 7 heteroatoms. The van der Waals surface area contributed by atoms with Crippen molar-refractivity contribution in [3.63, 3.8) is 0 Å².